The Labute approximate surface area is 100 Å². The molecule has 0 amide bonds. The van der Waals surface area contributed by atoms with Crippen LogP contribution in [0.15, 0.2) is 36.4 Å². The average molecular weight is 252 g/mol. The van der Waals surface area contributed by atoms with Crippen LogP contribution in [0.2, 0.25) is 0 Å². The molecule has 2 aromatic carbocycles. The van der Waals surface area contributed by atoms with E-state index in [9.17, 15) is 18.0 Å². The van der Waals surface area contributed by atoms with Crippen molar-refractivity contribution < 1.29 is 23.1 Å². The van der Waals surface area contributed by atoms with Crippen molar-refractivity contribution in [2.45, 2.75) is 0 Å². The van der Waals surface area contributed by atoms with E-state index in [0.29, 0.717) is 0 Å². The number of hydrogen-bond acceptors (Lipinski definition) is 1. The second kappa shape index (κ2) is 4.52. The number of aromatic carboxylic acids is 1. The van der Waals surface area contributed by atoms with Crippen molar-refractivity contribution >= 4 is 5.97 Å². The normalized spacial score (nSPS) is 10.4. The first-order valence-electron chi connectivity index (χ1n) is 4.98. The molecule has 0 bridgehead atoms. The summed E-state index contributed by atoms with van der Waals surface area (Å²) >= 11 is 0. The van der Waals surface area contributed by atoms with Crippen molar-refractivity contribution in [2.24, 2.45) is 0 Å². The van der Waals surface area contributed by atoms with Crippen molar-refractivity contribution in [3.05, 3.63) is 59.4 Å². The molecular weight excluding hydrogens is 245 g/mol. The molecule has 2 rings (SSSR count). The summed E-state index contributed by atoms with van der Waals surface area (Å²) in [4.78, 5) is 11.0. The van der Waals surface area contributed by atoms with E-state index in [-0.39, 0.29) is 5.56 Å². The third kappa shape index (κ3) is 1.95. The number of rotatable bonds is 2. The van der Waals surface area contributed by atoms with Gasteiger partial charge in [0.15, 0.2) is 0 Å². The first-order chi connectivity index (χ1) is 8.52. The van der Waals surface area contributed by atoms with Crippen molar-refractivity contribution in [2.75, 3.05) is 0 Å². The quantitative estimate of drug-likeness (QED) is 0.888. The van der Waals surface area contributed by atoms with Gasteiger partial charge >= 0.3 is 5.97 Å². The van der Waals surface area contributed by atoms with Gasteiger partial charge in [0.1, 0.15) is 23.0 Å². The van der Waals surface area contributed by atoms with Gasteiger partial charge in [-0.05, 0) is 18.2 Å². The van der Waals surface area contributed by atoms with Crippen LogP contribution in [0.1, 0.15) is 10.4 Å². The fourth-order valence-corrected chi connectivity index (χ4v) is 1.70. The molecule has 0 aliphatic rings. The molecule has 0 saturated heterocycles. The standard InChI is InChI=1S/C13H7F3O2/c14-8-5-2-6-9(15)11(8)7-3-1-4-10(16)12(7)13(17)18/h1-6H,(H,17,18). The van der Waals surface area contributed by atoms with E-state index < -0.39 is 34.5 Å². The van der Waals surface area contributed by atoms with E-state index in [1.807, 2.05) is 0 Å². The van der Waals surface area contributed by atoms with Crippen molar-refractivity contribution in [1.29, 1.82) is 0 Å². The molecule has 0 saturated carbocycles. The Kier molecular flexibility index (Phi) is 3.06. The van der Waals surface area contributed by atoms with Crippen LogP contribution in [0, 0.1) is 17.5 Å². The summed E-state index contributed by atoms with van der Waals surface area (Å²) in [5.41, 5.74) is -1.62. The fraction of sp³-hybridized carbons (Fsp3) is 0. The van der Waals surface area contributed by atoms with Crippen molar-refractivity contribution in [3.8, 4) is 11.1 Å². The molecule has 18 heavy (non-hydrogen) atoms. The molecule has 2 nitrogen and oxygen atoms in total. The van der Waals surface area contributed by atoms with Crippen LogP contribution in [0.25, 0.3) is 11.1 Å². The second-order valence-electron chi connectivity index (χ2n) is 3.56. The van der Waals surface area contributed by atoms with Crippen LogP contribution in [-0.2, 0) is 0 Å². The number of hydrogen-bond donors (Lipinski definition) is 1. The SMILES string of the molecule is O=C(O)c1c(F)cccc1-c1c(F)cccc1F. The summed E-state index contributed by atoms with van der Waals surface area (Å²) < 4.78 is 40.5. The monoisotopic (exact) mass is 252 g/mol. The summed E-state index contributed by atoms with van der Waals surface area (Å²) in [7, 11) is 0. The largest absolute Gasteiger partial charge is 0.478 e. The Balaban J connectivity index is 2.80. The Morgan fingerprint density at radius 3 is 1.94 bits per heavy atom. The smallest absolute Gasteiger partial charge is 0.339 e. The summed E-state index contributed by atoms with van der Waals surface area (Å²) in [6.07, 6.45) is 0. The number of halogens is 3. The van der Waals surface area contributed by atoms with Crippen LogP contribution in [0.3, 0.4) is 0 Å². The predicted octanol–water partition coefficient (Wildman–Crippen LogP) is 3.47. The van der Waals surface area contributed by atoms with Crippen LogP contribution in [0.5, 0.6) is 0 Å². The van der Waals surface area contributed by atoms with Gasteiger partial charge in [-0.15, -0.1) is 0 Å². The first-order valence-corrected chi connectivity index (χ1v) is 4.98. The third-order valence-electron chi connectivity index (χ3n) is 2.46. The molecule has 0 aromatic heterocycles. The molecule has 0 unspecified atom stereocenters. The zero-order valence-corrected chi connectivity index (χ0v) is 8.95. The maximum atomic E-state index is 13.6. The number of carboxylic acid groups (broad SMARTS) is 1. The summed E-state index contributed by atoms with van der Waals surface area (Å²) in [6.45, 7) is 0. The van der Waals surface area contributed by atoms with Gasteiger partial charge in [0.25, 0.3) is 0 Å². The fourth-order valence-electron chi connectivity index (χ4n) is 1.70. The van der Waals surface area contributed by atoms with Gasteiger partial charge in [0.2, 0.25) is 0 Å². The van der Waals surface area contributed by atoms with Gasteiger partial charge in [-0.2, -0.15) is 0 Å². The van der Waals surface area contributed by atoms with E-state index in [4.69, 9.17) is 5.11 Å². The molecule has 0 heterocycles. The Bertz CT molecular complexity index is 603. The van der Waals surface area contributed by atoms with E-state index >= 15 is 0 Å². The molecule has 0 atom stereocenters. The van der Waals surface area contributed by atoms with Gasteiger partial charge in [-0.3, -0.25) is 0 Å². The molecule has 5 heteroatoms. The van der Waals surface area contributed by atoms with E-state index in [0.717, 1.165) is 30.3 Å². The topological polar surface area (TPSA) is 37.3 Å². The van der Waals surface area contributed by atoms with Gasteiger partial charge in [-0.25, -0.2) is 18.0 Å². The average Bonchev–Trinajstić information content (AvgIpc) is 2.28. The van der Waals surface area contributed by atoms with Gasteiger partial charge in [-0.1, -0.05) is 18.2 Å². The first kappa shape index (κ1) is 12.2. The molecule has 0 aliphatic heterocycles. The molecule has 0 radical (unpaired) electrons. The Morgan fingerprint density at radius 2 is 1.39 bits per heavy atom. The summed E-state index contributed by atoms with van der Waals surface area (Å²) in [5, 5.41) is 8.90. The minimum atomic E-state index is -1.58. The van der Waals surface area contributed by atoms with Crippen LogP contribution >= 0.6 is 0 Å². The summed E-state index contributed by atoms with van der Waals surface area (Å²) in [5.74, 6) is -4.50. The maximum absolute atomic E-state index is 13.6. The van der Waals surface area contributed by atoms with Crippen molar-refractivity contribution in [1.82, 2.24) is 0 Å². The number of benzene rings is 2. The van der Waals surface area contributed by atoms with Crippen LogP contribution in [-0.4, -0.2) is 11.1 Å². The molecule has 0 aliphatic carbocycles. The highest BCUT2D eigenvalue weighted by Gasteiger charge is 2.21. The summed E-state index contributed by atoms with van der Waals surface area (Å²) in [6, 6.07) is 6.39. The number of carbonyl (C=O) groups is 1. The van der Waals surface area contributed by atoms with Gasteiger partial charge in [0, 0.05) is 5.56 Å². The molecule has 92 valence electrons. The highest BCUT2D eigenvalue weighted by Crippen LogP contribution is 2.30. The minimum absolute atomic E-state index is 0.321. The maximum Gasteiger partial charge on any atom is 0.339 e. The van der Waals surface area contributed by atoms with Crippen LogP contribution < -0.4 is 0 Å². The molecule has 0 fully saturated rings. The van der Waals surface area contributed by atoms with E-state index in [2.05, 4.69) is 0 Å². The minimum Gasteiger partial charge on any atom is -0.478 e. The molecular formula is C13H7F3O2. The van der Waals surface area contributed by atoms with E-state index in [1.54, 1.807) is 0 Å². The van der Waals surface area contributed by atoms with Gasteiger partial charge in [0.05, 0.1) is 5.56 Å². The lowest BCUT2D eigenvalue weighted by atomic mass is 9.98. The second-order valence-corrected chi connectivity index (χ2v) is 3.56. The third-order valence-corrected chi connectivity index (χ3v) is 2.46. The molecule has 0 spiro atoms. The lowest BCUT2D eigenvalue weighted by molar-refractivity contribution is 0.0693. The lowest BCUT2D eigenvalue weighted by Crippen LogP contribution is -2.05. The van der Waals surface area contributed by atoms with Crippen LogP contribution in [0.4, 0.5) is 13.2 Å². The van der Waals surface area contributed by atoms with E-state index in [1.165, 1.54) is 6.07 Å². The zero-order valence-electron chi connectivity index (χ0n) is 8.95. The number of carboxylic acids is 1. The van der Waals surface area contributed by atoms with Gasteiger partial charge < -0.3 is 5.11 Å². The lowest BCUT2D eigenvalue weighted by Gasteiger charge is -2.09. The zero-order chi connectivity index (χ0) is 13.3. The highest BCUT2D eigenvalue weighted by molar-refractivity contribution is 5.96. The predicted molar refractivity (Wildman–Crippen MR) is 58.7 cm³/mol. The van der Waals surface area contributed by atoms with Crippen molar-refractivity contribution in [3.63, 3.8) is 0 Å². The molecule has 1 N–H and O–H groups in total. The molecule has 2 aromatic rings. The highest BCUT2D eigenvalue weighted by atomic mass is 19.1. The Morgan fingerprint density at radius 1 is 0.889 bits per heavy atom. The Hall–Kier alpha value is -2.30.